The molecule has 0 bridgehead atoms. The van der Waals surface area contributed by atoms with Gasteiger partial charge in [0.25, 0.3) is 0 Å². The molecule has 1 aromatic rings. The van der Waals surface area contributed by atoms with Crippen molar-refractivity contribution in [2.24, 2.45) is 0 Å². The Morgan fingerprint density at radius 2 is 1.68 bits per heavy atom. The number of carbonyl (C=O) groups is 1. The number of carbonyl (C=O) groups excluding carboxylic acids is 1. The smallest absolute Gasteiger partial charge is 0.472 e. The largest absolute Gasteiger partial charge is 0.550 e. The molecule has 31 heavy (non-hydrogen) atoms. The first-order chi connectivity index (χ1) is 14.5. The van der Waals surface area contributed by atoms with Crippen LogP contribution >= 0.6 is 7.82 Å². The molecule has 0 amide bonds. The summed E-state index contributed by atoms with van der Waals surface area (Å²) in [6.07, 6.45) is 3.99. The van der Waals surface area contributed by atoms with Gasteiger partial charge in [-0.15, -0.1) is 0 Å². The van der Waals surface area contributed by atoms with Gasteiger partial charge in [-0.2, -0.15) is 0 Å². The number of nitrogens with zero attached hydrogens (tertiary/aromatic N) is 1. The summed E-state index contributed by atoms with van der Waals surface area (Å²) in [6.45, 7) is 0.928. The monoisotopic (exact) mass is 460 g/mol. The van der Waals surface area contributed by atoms with Gasteiger partial charge in [-0.05, 0) is 25.0 Å². The number of aliphatic carboxylic acids is 1. The second kappa shape index (κ2) is 13.7. The molecule has 1 unspecified atom stereocenters. The third kappa shape index (κ3) is 14.1. The molecule has 0 spiro atoms. The Hall–Kier alpha value is -1.64. The highest BCUT2D eigenvalue weighted by Gasteiger charge is 2.30. The molecular weight excluding hydrogens is 423 g/mol. The SMILES string of the molecule is C[N+](C)(C)C[C@@H](CC(=O)[O-])OP(=O)(O)OCCCCCCCCOc1ccccc1N. The number of unbranched alkanes of at least 4 members (excludes halogenated alkanes) is 5. The molecule has 2 atom stereocenters. The van der Waals surface area contributed by atoms with Crippen LogP contribution in [-0.4, -0.2) is 62.4 Å². The van der Waals surface area contributed by atoms with Crippen molar-refractivity contribution in [1.82, 2.24) is 0 Å². The Morgan fingerprint density at radius 3 is 2.26 bits per heavy atom. The van der Waals surface area contributed by atoms with Gasteiger partial charge < -0.3 is 29.7 Å². The van der Waals surface area contributed by atoms with Crippen molar-refractivity contribution < 1.29 is 37.6 Å². The molecule has 0 aliphatic rings. The van der Waals surface area contributed by atoms with Crippen LogP contribution in [0.3, 0.4) is 0 Å². The number of carboxylic acids is 1. The van der Waals surface area contributed by atoms with Crippen molar-refractivity contribution in [3.8, 4) is 5.75 Å². The summed E-state index contributed by atoms with van der Waals surface area (Å²) < 4.78 is 28.2. The summed E-state index contributed by atoms with van der Waals surface area (Å²) in [5.41, 5.74) is 6.46. The Morgan fingerprint density at radius 1 is 1.10 bits per heavy atom. The van der Waals surface area contributed by atoms with Crippen LogP contribution in [0.15, 0.2) is 24.3 Å². The van der Waals surface area contributed by atoms with Crippen molar-refractivity contribution in [1.29, 1.82) is 0 Å². The lowest BCUT2D eigenvalue weighted by molar-refractivity contribution is -0.873. The molecule has 10 heteroatoms. The molecule has 0 aliphatic carbocycles. The molecule has 0 fully saturated rings. The fourth-order valence-electron chi connectivity index (χ4n) is 3.04. The summed E-state index contributed by atoms with van der Waals surface area (Å²) in [6, 6.07) is 7.41. The summed E-state index contributed by atoms with van der Waals surface area (Å²) in [7, 11) is 1.17. The first-order valence-electron chi connectivity index (χ1n) is 10.6. The molecule has 0 saturated carbocycles. The number of rotatable bonds is 17. The molecule has 0 heterocycles. The number of hydrogen-bond donors (Lipinski definition) is 2. The summed E-state index contributed by atoms with van der Waals surface area (Å²) in [4.78, 5) is 20.7. The van der Waals surface area contributed by atoms with E-state index in [1.54, 1.807) is 6.07 Å². The molecule has 178 valence electrons. The maximum atomic E-state index is 12.1. The molecule has 3 N–H and O–H groups in total. The van der Waals surface area contributed by atoms with E-state index in [4.69, 9.17) is 19.5 Å². The highest BCUT2D eigenvalue weighted by atomic mass is 31.2. The zero-order chi connectivity index (χ0) is 23.3. The second-order valence-corrected chi connectivity index (χ2v) is 9.99. The minimum atomic E-state index is -4.32. The van der Waals surface area contributed by atoms with Gasteiger partial charge in [0.1, 0.15) is 18.4 Å². The maximum absolute atomic E-state index is 12.1. The number of benzene rings is 1. The van der Waals surface area contributed by atoms with E-state index in [9.17, 15) is 19.4 Å². The van der Waals surface area contributed by atoms with Gasteiger partial charge in [0.15, 0.2) is 0 Å². The standard InChI is InChI=1S/C21H37N2O7P/c1-23(2,3)17-18(16-21(24)25)30-31(26,27)29-15-11-7-5-4-6-10-14-28-20-13-9-8-12-19(20)22/h8-9,12-13,18H,4-7,10-11,14-17,22H2,1-3H3,(H-,24,25,26,27)/t18-/m1/s1. The van der Waals surface area contributed by atoms with E-state index in [0.717, 1.165) is 32.1 Å². The van der Waals surface area contributed by atoms with Gasteiger partial charge >= 0.3 is 7.82 Å². The second-order valence-electron chi connectivity index (χ2n) is 8.59. The van der Waals surface area contributed by atoms with Crippen LogP contribution in [0.4, 0.5) is 5.69 Å². The minimum Gasteiger partial charge on any atom is -0.550 e. The highest BCUT2D eigenvalue weighted by Crippen LogP contribution is 2.45. The number of quaternary nitrogens is 1. The predicted molar refractivity (Wildman–Crippen MR) is 117 cm³/mol. The van der Waals surface area contributed by atoms with E-state index < -0.39 is 26.3 Å². The predicted octanol–water partition coefficient (Wildman–Crippen LogP) is 2.34. The molecule has 9 nitrogen and oxygen atoms in total. The lowest BCUT2D eigenvalue weighted by Crippen LogP contribution is -2.44. The number of nitrogen functional groups attached to an aromatic ring is 1. The van der Waals surface area contributed by atoms with Crippen molar-refractivity contribution >= 4 is 19.5 Å². The number of carboxylic acid groups (broad SMARTS) is 1. The molecular formula is C21H37N2O7P. The maximum Gasteiger partial charge on any atom is 0.472 e. The molecule has 0 radical (unpaired) electrons. The third-order valence-electron chi connectivity index (χ3n) is 4.40. The van der Waals surface area contributed by atoms with Crippen LogP contribution in [0.25, 0.3) is 0 Å². The van der Waals surface area contributed by atoms with Crippen molar-refractivity contribution in [2.75, 3.05) is 46.6 Å². The van der Waals surface area contributed by atoms with Crippen LogP contribution in [-0.2, 0) is 18.4 Å². The van der Waals surface area contributed by atoms with Crippen LogP contribution < -0.4 is 15.6 Å². The van der Waals surface area contributed by atoms with E-state index >= 15 is 0 Å². The van der Waals surface area contributed by atoms with Crippen LogP contribution in [0, 0.1) is 0 Å². The first kappa shape index (κ1) is 27.4. The van der Waals surface area contributed by atoms with Gasteiger partial charge in [-0.3, -0.25) is 9.05 Å². The highest BCUT2D eigenvalue weighted by molar-refractivity contribution is 7.47. The Balaban J connectivity index is 2.14. The Kier molecular flexibility index (Phi) is 12.1. The number of phosphoric acid groups is 1. The Bertz CT molecular complexity index is 709. The number of ether oxygens (including phenoxy) is 1. The van der Waals surface area contributed by atoms with Gasteiger partial charge in [0.05, 0.1) is 40.0 Å². The lowest BCUT2D eigenvalue weighted by atomic mass is 10.1. The lowest BCUT2D eigenvalue weighted by Gasteiger charge is -2.30. The number of hydrogen-bond acceptors (Lipinski definition) is 7. The summed E-state index contributed by atoms with van der Waals surface area (Å²) in [5, 5.41) is 10.9. The molecule has 1 aromatic carbocycles. The fraction of sp³-hybridized carbons (Fsp3) is 0.667. The number of anilines is 1. The number of para-hydroxylation sites is 2. The number of phosphoric ester groups is 1. The van der Waals surface area contributed by atoms with E-state index in [1.165, 1.54) is 0 Å². The first-order valence-corrected chi connectivity index (χ1v) is 12.1. The fourth-order valence-corrected chi connectivity index (χ4v) is 3.97. The number of nitrogens with two attached hydrogens (primary N) is 1. The normalized spacial score (nSPS) is 14.7. The quantitative estimate of drug-likeness (QED) is 0.157. The molecule has 0 saturated heterocycles. The summed E-state index contributed by atoms with van der Waals surface area (Å²) in [5.74, 6) is -0.630. The minimum absolute atomic E-state index is 0.0760. The topological polar surface area (TPSA) is 131 Å². The van der Waals surface area contributed by atoms with Gasteiger partial charge in [0, 0.05) is 12.4 Å². The zero-order valence-electron chi connectivity index (χ0n) is 18.8. The van der Waals surface area contributed by atoms with E-state index in [-0.39, 0.29) is 13.2 Å². The van der Waals surface area contributed by atoms with E-state index in [0.29, 0.717) is 28.9 Å². The van der Waals surface area contributed by atoms with Gasteiger partial charge in [0.2, 0.25) is 0 Å². The zero-order valence-corrected chi connectivity index (χ0v) is 19.7. The average Bonchev–Trinajstić information content (AvgIpc) is 2.62. The summed E-state index contributed by atoms with van der Waals surface area (Å²) >= 11 is 0. The van der Waals surface area contributed by atoms with Crippen LogP contribution in [0.1, 0.15) is 44.9 Å². The van der Waals surface area contributed by atoms with Crippen molar-refractivity contribution in [3.63, 3.8) is 0 Å². The van der Waals surface area contributed by atoms with Crippen LogP contribution in [0.5, 0.6) is 5.75 Å². The van der Waals surface area contributed by atoms with E-state index in [2.05, 4.69) is 0 Å². The molecule has 0 aromatic heterocycles. The molecule has 0 aliphatic heterocycles. The third-order valence-corrected chi connectivity index (χ3v) is 5.47. The molecule has 1 rings (SSSR count). The van der Waals surface area contributed by atoms with Crippen molar-refractivity contribution in [3.05, 3.63) is 24.3 Å². The van der Waals surface area contributed by atoms with Gasteiger partial charge in [-0.25, -0.2) is 4.57 Å². The van der Waals surface area contributed by atoms with E-state index in [1.807, 2.05) is 39.3 Å². The average molecular weight is 461 g/mol. The van der Waals surface area contributed by atoms with Crippen molar-refractivity contribution in [2.45, 2.75) is 51.0 Å². The number of likely N-dealkylation sites (N-methyl/N-ethyl adjacent to an activating group) is 1. The Labute approximate surface area is 185 Å². The van der Waals surface area contributed by atoms with Gasteiger partial charge in [-0.1, -0.05) is 37.8 Å². The van der Waals surface area contributed by atoms with Crippen LogP contribution in [0.2, 0.25) is 0 Å².